The summed E-state index contributed by atoms with van der Waals surface area (Å²) in [4.78, 5) is 14.5. The van der Waals surface area contributed by atoms with Crippen LogP contribution in [0.3, 0.4) is 0 Å². The van der Waals surface area contributed by atoms with Crippen molar-refractivity contribution in [3.8, 4) is 17.0 Å². The summed E-state index contributed by atoms with van der Waals surface area (Å²) in [5.41, 5.74) is 2.96. The number of aromatic amines is 1. The molecule has 0 unspecified atom stereocenters. The molecular weight excluding hydrogens is 338 g/mol. The Bertz CT molecular complexity index is 874. The average molecular weight is 356 g/mol. The molecule has 128 valence electrons. The van der Waals surface area contributed by atoms with Gasteiger partial charge in [-0.2, -0.15) is 5.10 Å². The molecule has 0 bridgehead atoms. The lowest BCUT2D eigenvalue weighted by Crippen LogP contribution is -2.26. The minimum atomic E-state index is -0.125. The number of nitrogens with zero attached hydrogens (tertiary/aromatic N) is 2. The second kappa shape index (κ2) is 7.40. The number of H-pyrrole nitrogens is 1. The molecule has 5 nitrogen and oxygen atoms in total. The van der Waals surface area contributed by atoms with Gasteiger partial charge < -0.3 is 9.64 Å². The number of ether oxygens (including phenoxy) is 1. The van der Waals surface area contributed by atoms with Crippen molar-refractivity contribution in [1.82, 2.24) is 15.1 Å². The van der Waals surface area contributed by atoms with Gasteiger partial charge >= 0.3 is 0 Å². The summed E-state index contributed by atoms with van der Waals surface area (Å²) in [7, 11) is 3.36. The maximum Gasteiger partial charge on any atom is 0.257 e. The first-order chi connectivity index (χ1) is 12.1. The highest BCUT2D eigenvalue weighted by Gasteiger charge is 2.19. The first-order valence-electron chi connectivity index (χ1n) is 7.77. The fraction of sp³-hybridized carbons (Fsp3) is 0.158. The molecule has 0 fully saturated rings. The Morgan fingerprint density at radius 1 is 1.20 bits per heavy atom. The molecule has 1 heterocycles. The number of halogens is 1. The summed E-state index contributed by atoms with van der Waals surface area (Å²) < 4.78 is 5.17. The molecule has 0 aliphatic carbocycles. The van der Waals surface area contributed by atoms with Crippen LogP contribution in [0.4, 0.5) is 0 Å². The Balaban J connectivity index is 1.83. The van der Waals surface area contributed by atoms with Crippen molar-refractivity contribution in [1.29, 1.82) is 0 Å². The van der Waals surface area contributed by atoms with Gasteiger partial charge in [-0.1, -0.05) is 29.8 Å². The molecule has 0 spiro atoms. The molecular formula is C19H18ClN3O2. The zero-order chi connectivity index (χ0) is 17.8. The maximum atomic E-state index is 12.8. The minimum absolute atomic E-state index is 0.125. The maximum absolute atomic E-state index is 12.8. The smallest absolute Gasteiger partial charge is 0.257 e. The van der Waals surface area contributed by atoms with Crippen LogP contribution in [0.25, 0.3) is 11.3 Å². The molecule has 0 atom stereocenters. The van der Waals surface area contributed by atoms with Crippen LogP contribution in [0.15, 0.2) is 54.7 Å². The first kappa shape index (κ1) is 17.0. The molecule has 6 heteroatoms. The third kappa shape index (κ3) is 3.67. The molecule has 0 radical (unpaired) electrons. The predicted octanol–water partition coefficient (Wildman–Crippen LogP) is 4.01. The number of hydrogen-bond acceptors (Lipinski definition) is 3. The van der Waals surface area contributed by atoms with E-state index in [1.54, 1.807) is 25.3 Å². The molecule has 3 rings (SSSR count). The van der Waals surface area contributed by atoms with Gasteiger partial charge in [0.05, 0.1) is 24.6 Å². The second-order valence-electron chi connectivity index (χ2n) is 5.64. The highest BCUT2D eigenvalue weighted by atomic mass is 35.5. The first-order valence-corrected chi connectivity index (χ1v) is 8.14. The number of carbonyl (C=O) groups excluding carboxylic acids is 1. The molecule has 0 aliphatic rings. The summed E-state index contributed by atoms with van der Waals surface area (Å²) in [6, 6.07) is 15.0. The van der Waals surface area contributed by atoms with Gasteiger partial charge in [-0.15, -0.1) is 0 Å². The largest absolute Gasteiger partial charge is 0.497 e. The van der Waals surface area contributed by atoms with E-state index < -0.39 is 0 Å². The third-order valence-corrected chi connectivity index (χ3v) is 4.33. The van der Waals surface area contributed by atoms with Gasteiger partial charge in [0.1, 0.15) is 5.75 Å². The van der Waals surface area contributed by atoms with E-state index in [4.69, 9.17) is 16.3 Å². The minimum Gasteiger partial charge on any atom is -0.497 e. The van der Waals surface area contributed by atoms with Crippen LogP contribution in [0.2, 0.25) is 5.02 Å². The quantitative estimate of drug-likeness (QED) is 0.752. The molecule has 3 aromatic rings. The van der Waals surface area contributed by atoms with Crippen LogP contribution in [0.5, 0.6) is 5.75 Å². The van der Waals surface area contributed by atoms with Crippen LogP contribution >= 0.6 is 11.6 Å². The van der Waals surface area contributed by atoms with Crippen molar-refractivity contribution < 1.29 is 9.53 Å². The fourth-order valence-corrected chi connectivity index (χ4v) is 2.78. The average Bonchev–Trinajstić information content (AvgIpc) is 3.12. The van der Waals surface area contributed by atoms with E-state index in [2.05, 4.69) is 10.2 Å². The third-order valence-electron chi connectivity index (χ3n) is 3.96. The molecule has 1 aromatic heterocycles. The van der Waals surface area contributed by atoms with Crippen LogP contribution in [0.1, 0.15) is 15.9 Å². The number of methoxy groups -OCH3 is 1. The Morgan fingerprint density at radius 3 is 2.60 bits per heavy atom. The normalized spacial score (nSPS) is 10.5. The number of benzene rings is 2. The van der Waals surface area contributed by atoms with Crippen LogP contribution in [-0.2, 0) is 6.54 Å². The Hall–Kier alpha value is -2.79. The van der Waals surface area contributed by atoms with E-state index in [1.165, 1.54) is 0 Å². The van der Waals surface area contributed by atoms with Crippen LogP contribution in [0, 0.1) is 0 Å². The van der Waals surface area contributed by atoms with Gasteiger partial charge in [-0.25, -0.2) is 0 Å². The lowest BCUT2D eigenvalue weighted by atomic mass is 10.1. The van der Waals surface area contributed by atoms with Gasteiger partial charge in [0.15, 0.2) is 0 Å². The molecule has 0 aliphatic heterocycles. The number of nitrogens with one attached hydrogen (secondary N) is 1. The molecule has 0 saturated heterocycles. The van der Waals surface area contributed by atoms with Gasteiger partial charge in [0, 0.05) is 24.2 Å². The Kier molecular flexibility index (Phi) is 5.05. The summed E-state index contributed by atoms with van der Waals surface area (Å²) in [6.45, 7) is 0.422. The van der Waals surface area contributed by atoms with E-state index in [-0.39, 0.29) is 5.91 Å². The number of amides is 1. The van der Waals surface area contributed by atoms with Crippen LogP contribution < -0.4 is 4.74 Å². The van der Waals surface area contributed by atoms with E-state index in [1.807, 2.05) is 48.5 Å². The van der Waals surface area contributed by atoms with E-state index in [9.17, 15) is 4.79 Å². The zero-order valence-corrected chi connectivity index (χ0v) is 14.7. The summed E-state index contributed by atoms with van der Waals surface area (Å²) in [5, 5.41) is 7.59. The molecule has 25 heavy (non-hydrogen) atoms. The standard InChI is InChI=1S/C19H18ClN3O2/c1-23(12-14-5-3-4-6-17(14)20)19(24)16-11-21-22-18(16)13-7-9-15(25-2)10-8-13/h3-11H,12H2,1-2H3,(H,21,22). The van der Waals surface area contributed by atoms with E-state index in [0.717, 1.165) is 16.9 Å². The van der Waals surface area contributed by atoms with Crippen molar-refractivity contribution in [3.05, 3.63) is 70.9 Å². The molecule has 0 saturated carbocycles. The summed E-state index contributed by atoms with van der Waals surface area (Å²) >= 11 is 6.19. The van der Waals surface area contributed by atoms with E-state index >= 15 is 0 Å². The lowest BCUT2D eigenvalue weighted by Gasteiger charge is -2.18. The summed E-state index contributed by atoms with van der Waals surface area (Å²) in [5.74, 6) is 0.631. The highest BCUT2D eigenvalue weighted by molar-refractivity contribution is 6.31. The topological polar surface area (TPSA) is 58.2 Å². The molecule has 2 aromatic carbocycles. The molecule has 1 N–H and O–H groups in total. The van der Waals surface area contributed by atoms with Crippen molar-refractivity contribution in [2.45, 2.75) is 6.54 Å². The van der Waals surface area contributed by atoms with Crippen molar-refractivity contribution in [3.63, 3.8) is 0 Å². The monoisotopic (exact) mass is 355 g/mol. The van der Waals surface area contributed by atoms with Crippen molar-refractivity contribution >= 4 is 17.5 Å². The lowest BCUT2D eigenvalue weighted by molar-refractivity contribution is 0.0786. The second-order valence-corrected chi connectivity index (χ2v) is 6.05. The van der Waals surface area contributed by atoms with Gasteiger partial charge in [-0.05, 0) is 35.9 Å². The molecule has 1 amide bonds. The number of carbonyl (C=O) groups is 1. The number of hydrogen-bond donors (Lipinski definition) is 1. The Labute approximate surface area is 151 Å². The van der Waals surface area contributed by atoms with Crippen LogP contribution in [-0.4, -0.2) is 35.2 Å². The van der Waals surface area contributed by atoms with Gasteiger partial charge in [-0.3, -0.25) is 9.89 Å². The zero-order valence-electron chi connectivity index (χ0n) is 14.0. The van der Waals surface area contributed by atoms with Crippen molar-refractivity contribution in [2.75, 3.05) is 14.2 Å². The number of aromatic nitrogens is 2. The fourth-order valence-electron chi connectivity index (χ4n) is 2.59. The predicted molar refractivity (Wildman–Crippen MR) is 97.8 cm³/mol. The van der Waals surface area contributed by atoms with E-state index in [0.29, 0.717) is 22.8 Å². The van der Waals surface area contributed by atoms with Gasteiger partial charge in [0.25, 0.3) is 5.91 Å². The highest BCUT2D eigenvalue weighted by Crippen LogP contribution is 2.25. The number of rotatable bonds is 5. The summed E-state index contributed by atoms with van der Waals surface area (Å²) in [6.07, 6.45) is 1.55. The Morgan fingerprint density at radius 2 is 1.92 bits per heavy atom. The SMILES string of the molecule is COc1ccc(-c2[nH]ncc2C(=O)N(C)Cc2ccccc2Cl)cc1. The van der Waals surface area contributed by atoms with Gasteiger partial charge in [0.2, 0.25) is 0 Å². The van der Waals surface area contributed by atoms with Crippen molar-refractivity contribution in [2.24, 2.45) is 0 Å².